The zero-order valence-corrected chi connectivity index (χ0v) is 11.5. The van der Waals surface area contributed by atoms with E-state index >= 15 is 0 Å². The fourth-order valence-electron chi connectivity index (χ4n) is 2.35. The van der Waals surface area contributed by atoms with Gasteiger partial charge in [0.05, 0.1) is 0 Å². The highest BCUT2D eigenvalue weighted by Crippen LogP contribution is 2.34. The molecule has 3 heteroatoms. The second-order valence-electron chi connectivity index (χ2n) is 4.90. The van der Waals surface area contributed by atoms with Crippen LogP contribution in [-0.4, -0.2) is 30.8 Å². The Morgan fingerprint density at radius 2 is 2.00 bits per heavy atom. The molecule has 1 fully saturated rings. The lowest BCUT2D eigenvalue weighted by atomic mass is 10.1. The van der Waals surface area contributed by atoms with Gasteiger partial charge in [-0.3, -0.25) is 4.90 Å². The van der Waals surface area contributed by atoms with E-state index in [1.807, 2.05) is 0 Å². The summed E-state index contributed by atoms with van der Waals surface area (Å²) in [5, 5.41) is 0. The summed E-state index contributed by atoms with van der Waals surface area (Å²) >= 11 is 1.79. The van der Waals surface area contributed by atoms with Gasteiger partial charge in [0, 0.05) is 24.0 Å². The molecular weight excluding hydrogens is 228 g/mol. The molecule has 0 saturated heterocycles. The van der Waals surface area contributed by atoms with E-state index in [1.54, 1.807) is 11.8 Å². The molecule has 1 aliphatic carbocycles. The lowest BCUT2D eigenvalue weighted by Gasteiger charge is -2.27. The van der Waals surface area contributed by atoms with E-state index < -0.39 is 0 Å². The van der Waals surface area contributed by atoms with Gasteiger partial charge in [0.25, 0.3) is 0 Å². The zero-order valence-electron chi connectivity index (χ0n) is 10.7. The Kier molecular flexibility index (Phi) is 4.48. The van der Waals surface area contributed by atoms with Crippen molar-refractivity contribution in [2.75, 3.05) is 19.8 Å². The number of hydrogen-bond acceptors (Lipinski definition) is 3. The van der Waals surface area contributed by atoms with Crippen molar-refractivity contribution in [1.29, 1.82) is 0 Å². The number of nitrogens with two attached hydrogens (primary N) is 1. The van der Waals surface area contributed by atoms with Gasteiger partial charge in [-0.2, -0.15) is 0 Å². The van der Waals surface area contributed by atoms with Crippen LogP contribution in [0, 0.1) is 5.92 Å². The smallest absolute Gasteiger partial charge is 0.0247 e. The standard InChI is InChI=1S/C14H22N2S/c1-16(14(9-15)12-5-6-12)10-11-3-7-13(17-2)8-4-11/h3-4,7-8,12,14H,5-6,9-10,15H2,1-2H3. The van der Waals surface area contributed by atoms with E-state index in [2.05, 4.69) is 42.5 Å². The van der Waals surface area contributed by atoms with Gasteiger partial charge in [0.15, 0.2) is 0 Å². The summed E-state index contributed by atoms with van der Waals surface area (Å²) in [6.45, 7) is 1.79. The Bertz CT molecular complexity index is 346. The molecule has 1 saturated carbocycles. The first kappa shape index (κ1) is 12.9. The molecule has 0 radical (unpaired) electrons. The molecule has 2 N–H and O–H groups in total. The molecule has 1 atom stereocenters. The molecule has 1 aliphatic rings. The molecule has 1 unspecified atom stereocenters. The average Bonchev–Trinajstić information content (AvgIpc) is 3.15. The SMILES string of the molecule is CSc1ccc(CN(C)C(CN)C2CC2)cc1. The Morgan fingerprint density at radius 3 is 2.47 bits per heavy atom. The second kappa shape index (κ2) is 5.89. The minimum atomic E-state index is 0.565. The van der Waals surface area contributed by atoms with Gasteiger partial charge >= 0.3 is 0 Å². The number of nitrogens with zero attached hydrogens (tertiary/aromatic N) is 1. The summed E-state index contributed by atoms with van der Waals surface area (Å²) in [4.78, 5) is 3.74. The van der Waals surface area contributed by atoms with Gasteiger partial charge in [0.2, 0.25) is 0 Å². The van der Waals surface area contributed by atoms with Crippen molar-refractivity contribution in [3.8, 4) is 0 Å². The molecule has 0 spiro atoms. The van der Waals surface area contributed by atoms with Crippen LogP contribution in [0.2, 0.25) is 0 Å². The summed E-state index contributed by atoms with van der Waals surface area (Å²) in [6.07, 6.45) is 4.83. The van der Waals surface area contributed by atoms with Crippen LogP contribution < -0.4 is 5.73 Å². The molecule has 0 aliphatic heterocycles. The summed E-state index contributed by atoms with van der Waals surface area (Å²) < 4.78 is 0. The average molecular weight is 250 g/mol. The molecule has 94 valence electrons. The topological polar surface area (TPSA) is 29.3 Å². The predicted octanol–water partition coefficient (Wildman–Crippen LogP) is 2.58. The minimum Gasteiger partial charge on any atom is -0.329 e. The minimum absolute atomic E-state index is 0.565. The van der Waals surface area contributed by atoms with E-state index in [1.165, 1.54) is 23.3 Å². The fraction of sp³-hybridized carbons (Fsp3) is 0.571. The number of thioether (sulfide) groups is 1. The van der Waals surface area contributed by atoms with Crippen molar-refractivity contribution in [1.82, 2.24) is 4.90 Å². The van der Waals surface area contributed by atoms with E-state index in [0.717, 1.165) is 19.0 Å². The van der Waals surface area contributed by atoms with Crippen LogP contribution in [0.1, 0.15) is 18.4 Å². The van der Waals surface area contributed by atoms with Gasteiger partial charge in [-0.05, 0) is 49.8 Å². The van der Waals surface area contributed by atoms with Crippen LogP contribution in [0.15, 0.2) is 29.2 Å². The van der Waals surface area contributed by atoms with Gasteiger partial charge in [-0.15, -0.1) is 11.8 Å². The zero-order chi connectivity index (χ0) is 12.3. The molecule has 1 aromatic carbocycles. The van der Waals surface area contributed by atoms with Gasteiger partial charge in [-0.25, -0.2) is 0 Å². The Morgan fingerprint density at radius 1 is 1.35 bits per heavy atom. The van der Waals surface area contributed by atoms with E-state index in [4.69, 9.17) is 5.73 Å². The van der Waals surface area contributed by atoms with Gasteiger partial charge < -0.3 is 5.73 Å². The number of rotatable bonds is 6. The third kappa shape index (κ3) is 3.47. The van der Waals surface area contributed by atoms with Crippen molar-refractivity contribution in [3.05, 3.63) is 29.8 Å². The van der Waals surface area contributed by atoms with Crippen molar-refractivity contribution in [3.63, 3.8) is 0 Å². The lowest BCUT2D eigenvalue weighted by Crippen LogP contribution is -2.39. The molecule has 17 heavy (non-hydrogen) atoms. The third-order valence-corrected chi connectivity index (χ3v) is 4.31. The molecule has 2 rings (SSSR count). The highest BCUT2D eigenvalue weighted by Gasteiger charge is 2.32. The van der Waals surface area contributed by atoms with Gasteiger partial charge in [-0.1, -0.05) is 12.1 Å². The molecule has 2 nitrogen and oxygen atoms in total. The van der Waals surface area contributed by atoms with Crippen LogP contribution in [0.5, 0.6) is 0 Å². The highest BCUT2D eigenvalue weighted by atomic mass is 32.2. The van der Waals surface area contributed by atoms with Crippen LogP contribution in [-0.2, 0) is 6.54 Å². The van der Waals surface area contributed by atoms with E-state index in [-0.39, 0.29) is 0 Å². The lowest BCUT2D eigenvalue weighted by molar-refractivity contribution is 0.215. The summed E-state index contributed by atoms with van der Waals surface area (Å²) in [5.74, 6) is 0.843. The van der Waals surface area contributed by atoms with Gasteiger partial charge in [0.1, 0.15) is 0 Å². The number of benzene rings is 1. The maximum atomic E-state index is 5.87. The maximum absolute atomic E-state index is 5.87. The first-order chi connectivity index (χ1) is 8.24. The fourth-order valence-corrected chi connectivity index (χ4v) is 2.76. The Balaban J connectivity index is 1.93. The molecule has 0 aromatic heterocycles. The van der Waals surface area contributed by atoms with Crippen LogP contribution >= 0.6 is 11.8 Å². The molecule has 0 heterocycles. The Labute approximate surface area is 109 Å². The van der Waals surface area contributed by atoms with E-state index in [9.17, 15) is 0 Å². The summed E-state index contributed by atoms with van der Waals surface area (Å²) in [6, 6.07) is 9.41. The monoisotopic (exact) mass is 250 g/mol. The number of likely N-dealkylation sites (N-methyl/N-ethyl adjacent to an activating group) is 1. The Hall–Kier alpha value is -0.510. The van der Waals surface area contributed by atoms with Crippen molar-refractivity contribution in [2.45, 2.75) is 30.3 Å². The molecule has 0 amide bonds. The summed E-state index contributed by atoms with van der Waals surface area (Å²) in [5.41, 5.74) is 7.25. The largest absolute Gasteiger partial charge is 0.329 e. The van der Waals surface area contributed by atoms with Crippen LogP contribution in [0.3, 0.4) is 0 Å². The third-order valence-electron chi connectivity index (χ3n) is 3.56. The maximum Gasteiger partial charge on any atom is 0.0247 e. The molecule has 0 bridgehead atoms. The second-order valence-corrected chi connectivity index (χ2v) is 5.78. The quantitative estimate of drug-likeness (QED) is 0.787. The first-order valence-electron chi connectivity index (χ1n) is 6.28. The van der Waals surface area contributed by atoms with E-state index in [0.29, 0.717) is 6.04 Å². The normalized spacial score (nSPS) is 17.4. The van der Waals surface area contributed by atoms with Crippen LogP contribution in [0.4, 0.5) is 0 Å². The summed E-state index contributed by atoms with van der Waals surface area (Å²) in [7, 11) is 2.19. The highest BCUT2D eigenvalue weighted by molar-refractivity contribution is 7.98. The van der Waals surface area contributed by atoms with Crippen molar-refractivity contribution in [2.24, 2.45) is 11.7 Å². The van der Waals surface area contributed by atoms with Crippen LogP contribution in [0.25, 0.3) is 0 Å². The predicted molar refractivity (Wildman–Crippen MR) is 75.3 cm³/mol. The van der Waals surface area contributed by atoms with Crippen molar-refractivity contribution >= 4 is 11.8 Å². The number of hydrogen-bond donors (Lipinski definition) is 1. The molecular formula is C14H22N2S. The van der Waals surface area contributed by atoms with Crippen molar-refractivity contribution < 1.29 is 0 Å². The molecule has 1 aromatic rings. The first-order valence-corrected chi connectivity index (χ1v) is 7.50.